The van der Waals surface area contributed by atoms with Crippen LogP contribution in [-0.4, -0.2) is 4.98 Å². The molecule has 0 bridgehead atoms. The Morgan fingerprint density at radius 2 is 2.27 bits per heavy atom. The van der Waals surface area contributed by atoms with Gasteiger partial charge in [0.25, 0.3) is 0 Å². The number of hydrogen-bond acceptors (Lipinski definition) is 4. The van der Waals surface area contributed by atoms with E-state index in [-0.39, 0.29) is 0 Å². The van der Waals surface area contributed by atoms with Crippen LogP contribution >= 0.6 is 23.4 Å². The molecule has 5 heteroatoms. The molecule has 2 aromatic heterocycles. The number of nitrogens with two attached hydrogens (primary N) is 1. The van der Waals surface area contributed by atoms with Crippen LogP contribution in [0.5, 0.6) is 0 Å². The lowest BCUT2D eigenvalue weighted by molar-refractivity contribution is 0.527. The molecule has 0 fully saturated rings. The van der Waals surface area contributed by atoms with E-state index in [1.807, 2.05) is 13.0 Å². The molecule has 0 saturated carbocycles. The number of aromatic nitrogens is 1. The Hall–Kier alpha value is -1.13. The van der Waals surface area contributed by atoms with Crippen LogP contribution in [0.3, 0.4) is 0 Å². The highest BCUT2D eigenvalue weighted by molar-refractivity contribution is 7.99. The third kappa shape index (κ3) is 2.46. The van der Waals surface area contributed by atoms with E-state index < -0.39 is 0 Å². The van der Waals surface area contributed by atoms with E-state index in [1.165, 1.54) is 11.8 Å². The highest BCUT2D eigenvalue weighted by Gasteiger charge is 2.06. The van der Waals surface area contributed by atoms with Crippen molar-refractivity contribution in [2.45, 2.75) is 16.8 Å². The van der Waals surface area contributed by atoms with Gasteiger partial charge in [-0.2, -0.15) is 0 Å². The predicted octanol–water partition coefficient (Wildman–Crippen LogP) is 3.37. The minimum Gasteiger partial charge on any atom is -0.468 e. The first-order valence-electron chi connectivity index (χ1n) is 4.30. The van der Waals surface area contributed by atoms with Gasteiger partial charge in [0.2, 0.25) is 0 Å². The summed E-state index contributed by atoms with van der Waals surface area (Å²) in [4.78, 5) is 5.17. The fourth-order valence-electron chi connectivity index (χ4n) is 1.14. The monoisotopic (exact) mass is 240 g/mol. The fourth-order valence-corrected chi connectivity index (χ4v) is 2.28. The number of nitrogens with zero attached hydrogens (tertiary/aromatic N) is 1. The average molecular weight is 241 g/mol. The van der Waals surface area contributed by atoms with Gasteiger partial charge in [-0.05, 0) is 25.1 Å². The summed E-state index contributed by atoms with van der Waals surface area (Å²) in [7, 11) is 0. The van der Waals surface area contributed by atoms with Crippen molar-refractivity contribution in [2.24, 2.45) is 0 Å². The van der Waals surface area contributed by atoms with Crippen LogP contribution in [0.15, 0.2) is 38.8 Å². The summed E-state index contributed by atoms with van der Waals surface area (Å²) in [6.07, 6.45) is 1.64. The quantitative estimate of drug-likeness (QED) is 0.818. The van der Waals surface area contributed by atoms with Crippen molar-refractivity contribution < 1.29 is 4.42 Å². The van der Waals surface area contributed by atoms with Gasteiger partial charge >= 0.3 is 0 Å². The molecule has 0 atom stereocenters. The van der Waals surface area contributed by atoms with Crippen LogP contribution in [0.4, 0.5) is 5.69 Å². The molecular weight excluding hydrogens is 232 g/mol. The Bertz CT molecular complexity index is 464. The van der Waals surface area contributed by atoms with E-state index in [0.717, 1.165) is 15.7 Å². The third-order valence-corrected chi connectivity index (χ3v) is 3.07. The highest BCUT2D eigenvalue weighted by Crippen LogP contribution is 2.31. The second-order valence-electron chi connectivity index (χ2n) is 3.00. The molecule has 0 aliphatic rings. The number of aryl methyl sites for hydroxylation is 1. The smallest absolute Gasteiger partial charge is 0.132 e. The second-order valence-corrected chi connectivity index (χ2v) is 4.45. The van der Waals surface area contributed by atoms with Crippen molar-refractivity contribution in [3.05, 3.63) is 35.4 Å². The van der Waals surface area contributed by atoms with Crippen LogP contribution in [0.1, 0.15) is 5.76 Å². The SMILES string of the molecule is Cc1occc1Sc1cc(N)cc(Cl)n1. The maximum absolute atomic E-state index is 5.80. The zero-order valence-corrected chi connectivity index (χ0v) is 9.60. The summed E-state index contributed by atoms with van der Waals surface area (Å²) in [5.41, 5.74) is 6.28. The maximum atomic E-state index is 5.80. The molecule has 2 aromatic rings. The molecule has 0 aliphatic heterocycles. The highest BCUT2D eigenvalue weighted by atomic mass is 35.5. The molecule has 2 rings (SSSR count). The van der Waals surface area contributed by atoms with Crippen LogP contribution < -0.4 is 5.73 Å². The van der Waals surface area contributed by atoms with Gasteiger partial charge in [-0.1, -0.05) is 23.4 Å². The van der Waals surface area contributed by atoms with Gasteiger partial charge < -0.3 is 10.2 Å². The van der Waals surface area contributed by atoms with Crippen molar-refractivity contribution in [2.75, 3.05) is 5.73 Å². The molecule has 0 amide bonds. The zero-order valence-electron chi connectivity index (χ0n) is 8.03. The lowest BCUT2D eigenvalue weighted by Crippen LogP contribution is -1.88. The first-order valence-corrected chi connectivity index (χ1v) is 5.49. The van der Waals surface area contributed by atoms with E-state index in [0.29, 0.717) is 10.8 Å². The van der Waals surface area contributed by atoms with E-state index in [4.69, 9.17) is 21.8 Å². The number of halogens is 1. The number of anilines is 1. The van der Waals surface area contributed by atoms with Gasteiger partial charge in [0.05, 0.1) is 11.2 Å². The van der Waals surface area contributed by atoms with Gasteiger partial charge in [-0.15, -0.1) is 0 Å². The molecule has 0 unspecified atom stereocenters. The molecule has 0 aliphatic carbocycles. The molecule has 0 spiro atoms. The predicted molar refractivity (Wildman–Crippen MR) is 61.2 cm³/mol. The number of furan rings is 1. The van der Waals surface area contributed by atoms with E-state index in [9.17, 15) is 0 Å². The molecule has 0 saturated heterocycles. The van der Waals surface area contributed by atoms with E-state index >= 15 is 0 Å². The molecule has 0 aromatic carbocycles. The summed E-state index contributed by atoms with van der Waals surface area (Å²) in [6.45, 7) is 1.90. The van der Waals surface area contributed by atoms with Crippen molar-refractivity contribution in [3.8, 4) is 0 Å². The molecule has 78 valence electrons. The normalized spacial score (nSPS) is 10.5. The fraction of sp³-hybridized carbons (Fsp3) is 0.100. The molecule has 15 heavy (non-hydrogen) atoms. The van der Waals surface area contributed by atoms with Crippen LogP contribution in [0.25, 0.3) is 0 Å². The van der Waals surface area contributed by atoms with Gasteiger partial charge in [0.15, 0.2) is 0 Å². The van der Waals surface area contributed by atoms with Crippen LogP contribution in [0, 0.1) is 6.92 Å². The summed E-state index contributed by atoms with van der Waals surface area (Å²) < 4.78 is 5.18. The van der Waals surface area contributed by atoms with E-state index in [2.05, 4.69) is 4.98 Å². The first kappa shape index (κ1) is 10.4. The zero-order chi connectivity index (χ0) is 10.8. The topological polar surface area (TPSA) is 52.0 Å². The molecule has 0 radical (unpaired) electrons. The number of nitrogen functional groups attached to an aromatic ring is 1. The number of rotatable bonds is 2. The summed E-state index contributed by atoms with van der Waals surface area (Å²) >= 11 is 7.28. The Balaban J connectivity index is 2.28. The Morgan fingerprint density at radius 3 is 2.87 bits per heavy atom. The second kappa shape index (κ2) is 4.16. The van der Waals surface area contributed by atoms with Gasteiger partial charge in [0.1, 0.15) is 15.9 Å². The van der Waals surface area contributed by atoms with Gasteiger partial charge in [-0.3, -0.25) is 0 Å². The van der Waals surface area contributed by atoms with E-state index in [1.54, 1.807) is 18.4 Å². The first-order chi connectivity index (χ1) is 7.15. The lowest BCUT2D eigenvalue weighted by Gasteiger charge is -2.01. The van der Waals surface area contributed by atoms with Crippen molar-refractivity contribution >= 4 is 29.1 Å². The number of pyridine rings is 1. The molecule has 2 N–H and O–H groups in total. The maximum Gasteiger partial charge on any atom is 0.132 e. The van der Waals surface area contributed by atoms with Crippen molar-refractivity contribution in [1.29, 1.82) is 0 Å². The Morgan fingerprint density at radius 1 is 1.47 bits per heavy atom. The average Bonchev–Trinajstić information content (AvgIpc) is 2.50. The minimum absolute atomic E-state index is 0.402. The van der Waals surface area contributed by atoms with Gasteiger partial charge in [0, 0.05) is 5.69 Å². The molecule has 2 heterocycles. The van der Waals surface area contributed by atoms with Crippen LogP contribution in [-0.2, 0) is 0 Å². The largest absolute Gasteiger partial charge is 0.468 e. The molecule has 3 nitrogen and oxygen atoms in total. The minimum atomic E-state index is 0.402. The molecular formula is C10H9ClN2OS. The number of hydrogen-bond donors (Lipinski definition) is 1. The standard InChI is InChI=1S/C10H9ClN2OS/c1-6-8(2-3-14-6)15-10-5-7(12)4-9(11)13-10/h2-5H,1H3,(H2,12,13). The summed E-state index contributed by atoms with van der Waals surface area (Å²) in [5, 5.41) is 1.17. The Labute approximate surface area is 96.6 Å². The van der Waals surface area contributed by atoms with Gasteiger partial charge in [-0.25, -0.2) is 4.98 Å². The third-order valence-electron chi connectivity index (χ3n) is 1.82. The summed E-state index contributed by atoms with van der Waals surface area (Å²) in [5.74, 6) is 0.861. The van der Waals surface area contributed by atoms with Crippen molar-refractivity contribution in [1.82, 2.24) is 4.98 Å². The van der Waals surface area contributed by atoms with Crippen LogP contribution in [0.2, 0.25) is 5.15 Å². The lowest BCUT2D eigenvalue weighted by atomic mass is 10.4. The Kier molecular flexibility index (Phi) is 2.88. The summed E-state index contributed by atoms with van der Waals surface area (Å²) in [6, 6.07) is 5.29. The van der Waals surface area contributed by atoms with Crippen molar-refractivity contribution in [3.63, 3.8) is 0 Å².